The van der Waals surface area contributed by atoms with Crippen LogP contribution in [0.5, 0.6) is 0 Å². The molecule has 0 aromatic heterocycles. The van der Waals surface area contributed by atoms with Crippen molar-refractivity contribution in [3.05, 3.63) is 0 Å². The summed E-state index contributed by atoms with van der Waals surface area (Å²) in [5.41, 5.74) is -0.753. The summed E-state index contributed by atoms with van der Waals surface area (Å²) in [7, 11) is 8.55. The van der Waals surface area contributed by atoms with Crippen molar-refractivity contribution in [2.45, 2.75) is 280 Å². The highest BCUT2D eigenvalue weighted by Crippen LogP contribution is 2.59. The summed E-state index contributed by atoms with van der Waals surface area (Å²) in [5, 5.41) is 64.2. The van der Waals surface area contributed by atoms with E-state index < -0.39 is 139 Å². The van der Waals surface area contributed by atoms with Crippen molar-refractivity contribution < 1.29 is 86.6 Å². The minimum atomic E-state index is -1.06. The highest BCUT2D eigenvalue weighted by molar-refractivity contribution is 5.77. The van der Waals surface area contributed by atoms with E-state index in [0.717, 1.165) is 135 Å². The van der Waals surface area contributed by atoms with Crippen LogP contribution in [0.15, 0.2) is 0 Å². The van der Waals surface area contributed by atoms with Gasteiger partial charge in [-0.1, -0.05) is 117 Å². The molecule has 0 spiro atoms. The van der Waals surface area contributed by atoms with Crippen LogP contribution in [0.3, 0.4) is 0 Å². The maximum Gasteiger partial charge on any atom is 0.407 e. The maximum absolute atomic E-state index is 15.2. The van der Waals surface area contributed by atoms with Crippen LogP contribution in [0.2, 0.25) is 0 Å². The van der Waals surface area contributed by atoms with E-state index in [0.29, 0.717) is 38.5 Å². The summed E-state index contributed by atoms with van der Waals surface area (Å²) in [6.07, 6.45) is 13.8. The summed E-state index contributed by atoms with van der Waals surface area (Å²) in [6.45, 7) is 5.12. The molecular formula is C74H130N14O18. The molecule has 7 fully saturated rings. The van der Waals surface area contributed by atoms with Gasteiger partial charge in [-0.3, -0.25) is 0 Å². The van der Waals surface area contributed by atoms with Gasteiger partial charge in [-0.05, 0) is 149 Å². The van der Waals surface area contributed by atoms with E-state index >= 15 is 19.2 Å². The molecule has 106 heavy (non-hydrogen) atoms. The Morgan fingerprint density at radius 3 is 0.915 bits per heavy atom. The van der Waals surface area contributed by atoms with Gasteiger partial charge in [0.15, 0.2) is 0 Å². The van der Waals surface area contributed by atoms with Gasteiger partial charge in [-0.2, -0.15) is 0 Å². The second kappa shape index (κ2) is 43.6. The highest BCUT2D eigenvalue weighted by atomic mass is 16.6. The zero-order chi connectivity index (χ0) is 76.9. The molecule has 0 aromatic carbocycles. The van der Waals surface area contributed by atoms with E-state index in [-0.39, 0.29) is 92.5 Å². The average Bonchev–Trinajstić information content (AvgIpc) is 0.735. The van der Waals surface area contributed by atoms with Crippen LogP contribution in [-0.2, 0) is 28.4 Å². The van der Waals surface area contributed by atoms with Gasteiger partial charge in [0.1, 0.15) is 50.7 Å². The molecule has 32 nitrogen and oxygen atoms in total. The number of hydrogen-bond donors (Lipinski definition) is 16. The number of carbonyl (C=O) groups is 10. The fourth-order valence-corrected chi connectivity index (χ4v) is 19.0. The molecule has 7 aliphatic rings. The second-order valence-electron chi connectivity index (χ2n) is 31.3. The molecule has 14 amide bonds. The second-order valence-corrected chi connectivity index (χ2v) is 31.3. The molecule has 0 radical (unpaired) electrons. The smallest absolute Gasteiger partial charge is 0.407 e. The highest BCUT2D eigenvalue weighted by Gasteiger charge is 2.57. The van der Waals surface area contributed by atoms with Crippen LogP contribution >= 0.6 is 0 Å². The van der Waals surface area contributed by atoms with Crippen LogP contribution in [0.4, 0.5) is 47.9 Å². The average molecular weight is 1500 g/mol. The fraction of sp³-hybridized carbons (Fsp3) is 0.865. The van der Waals surface area contributed by atoms with Crippen LogP contribution in [0.25, 0.3) is 0 Å². The Kier molecular flexibility index (Phi) is 35.3. The van der Waals surface area contributed by atoms with Crippen LogP contribution in [0, 0.1) is 58.7 Å². The molecule has 604 valence electrons. The molecule has 0 bridgehead atoms. The summed E-state index contributed by atoms with van der Waals surface area (Å²) in [6, 6.07) is -9.38. The number of nitrogens with one attached hydrogen (secondary N) is 14. The molecule has 16 atom stereocenters. The van der Waals surface area contributed by atoms with E-state index in [1.54, 1.807) is 0 Å². The Hall–Kier alpha value is -7.38. The van der Waals surface area contributed by atoms with Crippen molar-refractivity contribution in [1.82, 2.24) is 74.4 Å². The topological polar surface area (TPSA) is 435 Å². The van der Waals surface area contributed by atoms with Gasteiger partial charge in [0.05, 0.1) is 24.3 Å². The predicted octanol–water partition coefficient (Wildman–Crippen LogP) is 7.73. The van der Waals surface area contributed by atoms with Gasteiger partial charge >= 0.3 is 60.7 Å². The SMILES string of the molecule is CNC(=O)OCC(NC(=O)NC1CC(NC(=O)NC(COC(=O)NC)C(OC(=O)NC)C2CCCCC2)CC(C(C)(C2CCCCC2)C2CC(NC(=O)NC(COC(=O)NC)C(OC(=O)NC)C3CCCCC3)CC(NC(=O)NC(COC(=O)NC)C(O)C3CCCCC3)C2C)C1C)C(O)C1CCCCC1. The summed E-state index contributed by atoms with van der Waals surface area (Å²) in [4.78, 5) is 138. The number of ether oxygens (including phenoxy) is 6. The van der Waals surface area contributed by atoms with Crippen LogP contribution < -0.4 is 74.4 Å². The Balaban J connectivity index is 1.32. The molecule has 32 heteroatoms. The largest absolute Gasteiger partial charge is 0.447 e. The number of amides is 14. The number of urea groups is 4. The predicted molar refractivity (Wildman–Crippen MR) is 394 cm³/mol. The fourth-order valence-electron chi connectivity index (χ4n) is 19.0. The summed E-state index contributed by atoms with van der Waals surface area (Å²) >= 11 is 0. The third kappa shape index (κ3) is 25.4. The molecule has 7 rings (SSSR count). The standard InChI is InChI=1S/C74H130N14O18/c1-43-52(35-50(37-54(43)83-66(93)85-56(39-101-68(95)75-4)60(89)45-25-15-10-16-26-45)81-64(91)87-58(41-103-70(97)77-6)62(105-72(99)79-8)47-29-19-12-20-30-47)74(3,49-33-23-14-24-34-49)53-36-51(82-65(92)88-59(42-104-71(98)78-7)63(106-73(100)80-9)48-31-21-13-22-32-48)38-55(44(53)2)84-67(94)86-57(40-102-69(96)76-5)61(90)46-27-17-11-18-28-46/h43-63,89-90H,10-42H2,1-9H3,(H,75,95)(H,76,96)(H,77,97)(H,78,98)(H,79,99)(H,80,100)(H2,81,87,91)(H2,82,88,92)(H2,83,85,93)(H2,84,86,94). The Labute approximate surface area is 626 Å². The molecule has 16 N–H and O–H groups in total. The van der Waals surface area contributed by atoms with Gasteiger partial charge in [0.2, 0.25) is 0 Å². The van der Waals surface area contributed by atoms with Gasteiger partial charge in [-0.15, -0.1) is 0 Å². The van der Waals surface area contributed by atoms with Crippen LogP contribution in [0.1, 0.15) is 207 Å². The summed E-state index contributed by atoms with van der Waals surface area (Å²) in [5.74, 6) is -2.20. The molecule has 7 saturated carbocycles. The first-order valence-corrected chi connectivity index (χ1v) is 39.7. The monoisotopic (exact) mass is 1500 g/mol. The zero-order valence-corrected chi connectivity index (χ0v) is 64.4. The lowest BCUT2D eigenvalue weighted by molar-refractivity contribution is -0.0892. The quantitative estimate of drug-likeness (QED) is 0.0318. The van der Waals surface area contributed by atoms with E-state index in [1.807, 2.05) is 0 Å². The number of aliphatic hydroxyl groups excluding tert-OH is 2. The van der Waals surface area contributed by atoms with E-state index in [9.17, 15) is 39.0 Å². The minimum Gasteiger partial charge on any atom is -0.447 e. The molecule has 0 saturated heterocycles. The number of rotatable bonds is 29. The number of hydrogen-bond acceptors (Lipinski definition) is 18. The van der Waals surface area contributed by atoms with Gasteiger partial charge in [0.25, 0.3) is 0 Å². The van der Waals surface area contributed by atoms with Crippen molar-refractivity contribution in [3.63, 3.8) is 0 Å². The molecule has 0 heterocycles. The third-order valence-electron chi connectivity index (χ3n) is 24.7. The van der Waals surface area contributed by atoms with Crippen molar-refractivity contribution in [2.75, 3.05) is 68.7 Å². The first kappa shape index (κ1) is 85.9. The van der Waals surface area contributed by atoms with Crippen molar-refractivity contribution in [1.29, 1.82) is 0 Å². The molecular weight excluding hydrogens is 1370 g/mol. The van der Waals surface area contributed by atoms with Gasteiger partial charge in [0, 0.05) is 66.5 Å². The van der Waals surface area contributed by atoms with Gasteiger partial charge < -0.3 is 113 Å². The molecule has 0 aromatic rings. The first-order valence-electron chi connectivity index (χ1n) is 39.7. The summed E-state index contributed by atoms with van der Waals surface area (Å²) < 4.78 is 34.5. The Morgan fingerprint density at radius 1 is 0.349 bits per heavy atom. The van der Waals surface area contributed by atoms with E-state index in [4.69, 9.17) is 28.4 Å². The Bertz CT molecular complexity index is 2620. The zero-order valence-electron chi connectivity index (χ0n) is 64.4. The lowest BCUT2D eigenvalue weighted by atomic mass is 9.47. The Morgan fingerprint density at radius 2 is 0.613 bits per heavy atom. The number of alkyl carbamates (subject to hydrolysis) is 6. The third-order valence-corrected chi connectivity index (χ3v) is 24.7. The maximum atomic E-state index is 15.2. The molecule has 16 unspecified atom stereocenters. The van der Waals surface area contributed by atoms with E-state index in [1.165, 1.54) is 42.3 Å². The first-order chi connectivity index (χ1) is 50.9. The van der Waals surface area contributed by atoms with E-state index in [2.05, 4.69) is 95.2 Å². The van der Waals surface area contributed by atoms with Crippen molar-refractivity contribution >= 4 is 60.7 Å². The molecule has 0 aliphatic heterocycles. The number of carbonyl (C=O) groups excluding carboxylic acids is 10. The molecule has 7 aliphatic carbocycles. The van der Waals surface area contributed by atoms with Gasteiger partial charge in [-0.25, -0.2) is 47.9 Å². The van der Waals surface area contributed by atoms with Crippen molar-refractivity contribution in [2.24, 2.45) is 58.7 Å². The normalized spacial score (nSPS) is 26.4. The lowest BCUT2D eigenvalue weighted by Gasteiger charge is -2.59. The minimum absolute atomic E-state index is 0.00673. The van der Waals surface area contributed by atoms with Crippen LogP contribution in [-0.4, -0.2) is 212 Å². The van der Waals surface area contributed by atoms with Crippen molar-refractivity contribution in [3.8, 4) is 0 Å². The number of aliphatic hydroxyl groups is 2. The lowest BCUT2D eigenvalue weighted by Crippen LogP contribution is -2.64.